The van der Waals surface area contributed by atoms with E-state index in [2.05, 4.69) is 0 Å². The molecule has 0 aliphatic heterocycles. The first-order chi connectivity index (χ1) is 11.4. The summed E-state index contributed by atoms with van der Waals surface area (Å²) in [6.07, 6.45) is 3.99. The summed E-state index contributed by atoms with van der Waals surface area (Å²) in [7, 11) is 3.23. The number of carbonyl (C=O) groups excluding carboxylic acids is 1. The molecule has 0 saturated heterocycles. The Hall–Kier alpha value is -1.46. The van der Waals surface area contributed by atoms with Crippen LogP contribution in [0.15, 0.2) is 18.2 Å². The van der Waals surface area contributed by atoms with Crippen molar-refractivity contribution in [3.05, 3.63) is 23.8 Å². The molecule has 1 aliphatic carbocycles. The molecule has 2 N–H and O–H groups in total. The van der Waals surface area contributed by atoms with Gasteiger partial charge >= 0.3 is 0 Å². The molecule has 2 unspecified atom stereocenters. The predicted molar refractivity (Wildman–Crippen MR) is 102 cm³/mol. The molecule has 1 fully saturated rings. The lowest BCUT2D eigenvalue weighted by Gasteiger charge is -2.39. The van der Waals surface area contributed by atoms with E-state index in [1.165, 1.54) is 0 Å². The van der Waals surface area contributed by atoms with Crippen molar-refractivity contribution >= 4 is 18.3 Å². The van der Waals surface area contributed by atoms with Crippen LogP contribution in [0.1, 0.15) is 45.1 Å². The van der Waals surface area contributed by atoms with Gasteiger partial charge in [0, 0.05) is 18.6 Å². The molecule has 0 radical (unpaired) electrons. The Balaban J connectivity index is 0.00000312. The number of ether oxygens (including phenoxy) is 2. The van der Waals surface area contributed by atoms with Crippen molar-refractivity contribution in [2.24, 2.45) is 11.7 Å². The predicted octanol–water partition coefficient (Wildman–Crippen LogP) is 3.38. The highest BCUT2D eigenvalue weighted by atomic mass is 35.5. The van der Waals surface area contributed by atoms with E-state index in [-0.39, 0.29) is 24.2 Å². The summed E-state index contributed by atoms with van der Waals surface area (Å²) < 4.78 is 10.6. The second kappa shape index (κ2) is 9.30. The van der Waals surface area contributed by atoms with Crippen molar-refractivity contribution in [1.29, 1.82) is 0 Å². The zero-order chi connectivity index (χ0) is 17.7. The number of hydrogen-bond acceptors (Lipinski definition) is 4. The fourth-order valence-corrected chi connectivity index (χ4v) is 3.53. The molecular weight excluding hydrogens is 340 g/mol. The third kappa shape index (κ3) is 5.02. The maximum Gasteiger partial charge on any atom is 0.227 e. The summed E-state index contributed by atoms with van der Waals surface area (Å²) in [5.74, 6) is 1.44. The molecule has 0 heterocycles. The van der Waals surface area contributed by atoms with Gasteiger partial charge in [0.05, 0.1) is 20.1 Å². The Morgan fingerprint density at radius 1 is 1.28 bits per heavy atom. The van der Waals surface area contributed by atoms with Gasteiger partial charge in [0.15, 0.2) is 11.5 Å². The van der Waals surface area contributed by atoms with E-state index in [0.29, 0.717) is 24.6 Å². The molecule has 1 saturated carbocycles. The van der Waals surface area contributed by atoms with E-state index >= 15 is 0 Å². The SMILES string of the molecule is CCN(Cc1ccc(OC)c(OC)c1)C(=O)C1CCCCC1(C)N.Cl. The fraction of sp³-hybridized carbons (Fsp3) is 0.632. The zero-order valence-electron chi connectivity index (χ0n) is 15.7. The molecule has 0 bridgehead atoms. The van der Waals surface area contributed by atoms with Crippen molar-refractivity contribution in [2.45, 2.75) is 51.6 Å². The highest BCUT2D eigenvalue weighted by molar-refractivity contribution is 5.85. The minimum absolute atomic E-state index is 0. The van der Waals surface area contributed by atoms with E-state index in [1.807, 2.05) is 36.9 Å². The van der Waals surface area contributed by atoms with E-state index in [4.69, 9.17) is 15.2 Å². The lowest BCUT2D eigenvalue weighted by atomic mass is 9.74. The average molecular weight is 371 g/mol. The maximum atomic E-state index is 13.0. The normalized spacial score (nSPS) is 22.7. The minimum Gasteiger partial charge on any atom is -0.493 e. The molecule has 1 amide bonds. The van der Waals surface area contributed by atoms with Crippen molar-refractivity contribution in [1.82, 2.24) is 4.90 Å². The molecule has 25 heavy (non-hydrogen) atoms. The van der Waals surface area contributed by atoms with Gasteiger partial charge < -0.3 is 20.1 Å². The molecule has 1 aromatic carbocycles. The number of nitrogens with two attached hydrogens (primary N) is 1. The van der Waals surface area contributed by atoms with E-state index in [9.17, 15) is 4.79 Å². The van der Waals surface area contributed by atoms with Crippen LogP contribution in [-0.2, 0) is 11.3 Å². The summed E-state index contributed by atoms with van der Waals surface area (Å²) in [6, 6.07) is 5.78. The van der Waals surface area contributed by atoms with E-state index in [0.717, 1.165) is 31.2 Å². The summed E-state index contributed by atoms with van der Waals surface area (Å²) in [5, 5.41) is 0. The topological polar surface area (TPSA) is 64.8 Å². The van der Waals surface area contributed by atoms with Gasteiger partial charge in [-0.25, -0.2) is 0 Å². The van der Waals surface area contributed by atoms with E-state index in [1.54, 1.807) is 14.2 Å². The average Bonchev–Trinajstić information content (AvgIpc) is 2.58. The Labute approximate surface area is 157 Å². The van der Waals surface area contributed by atoms with Crippen LogP contribution < -0.4 is 15.2 Å². The zero-order valence-corrected chi connectivity index (χ0v) is 16.5. The summed E-state index contributed by atoms with van der Waals surface area (Å²) in [6.45, 7) is 5.25. The number of carbonyl (C=O) groups is 1. The van der Waals surface area contributed by atoms with Gasteiger partial charge in [-0.05, 0) is 44.4 Å². The monoisotopic (exact) mass is 370 g/mol. The Morgan fingerprint density at radius 2 is 1.96 bits per heavy atom. The summed E-state index contributed by atoms with van der Waals surface area (Å²) >= 11 is 0. The van der Waals surface area contributed by atoms with Gasteiger partial charge in [0.2, 0.25) is 5.91 Å². The van der Waals surface area contributed by atoms with Crippen molar-refractivity contribution in [3.8, 4) is 11.5 Å². The standard InChI is InChI=1S/C19H30N2O3.ClH/c1-5-21(18(22)15-8-6-7-11-19(15,2)20)13-14-9-10-16(23-3)17(12-14)24-4;/h9-10,12,15H,5-8,11,13,20H2,1-4H3;1H. The lowest BCUT2D eigenvalue weighted by molar-refractivity contribution is -0.139. The third-order valence-corrected chi connectivity index (χ3v) is 5.07. The van der Waals surface area contributed by atoms with Crippen molar-refractivity contribution in [2.75, 3.05) is 20.8 Å². The van der Waals surface area contributed by atoms with Crippen LogP contribution in [0.5, 0.6) is 11.5 Å². The van der Waals surface area contributed by atoms with Gasteiger partial charge in [-0.3, -0.25) is 4.79 Å². The van der Waals surface area contributed by atoms with Crippen LogP contribution in [0.3, 0.4) is 0 Å². The Morgan fingerprint density at radius 3 is 2.52 bits per heavy atom. The van der Waals surface area contributed by atoms with Crippen LogP contribution in [0.25, 0.3) is 0 Å². The smallest absolute Gasteiger partial charge is 0.227 e. The number of rotatable bonds is 6. The lowest BCUT2D eigenvalue weighted by Crippen LogP contribution is -2.53. The van der Waals surface area contributed by atoms with Crippen molar-refractivity contribution < 1.29 is 14.3 Å². The highest BCUT2D eigenvalue weighted by Gasteiger charge is 2.39. The van der Waals surface area contributed by atoms with E-state index < -0.39 is 5.54 Å². The number of amides is 1. The number of benzene rings is 1. The quantitative estimate of drug-likeness (QED) is 0.833. The number of hydrogen-bond donors (Lipinski definition) is 1. The first kappa shape index (κ1) is 21.6. The summed E-state index contributed by atoms with van der Waals surface area (Å²) in [4.78, 5) is 14.9. The summed E-state index contributed by atoms with van der Waals surface area (Å²) in [5.41, 5.74) is 7.03. The molecule has 0 aromatic heterocycles. The molecule has 0 spiro atoms. The second-order valence-electron chi connectivity index (χ2n) is 6.85. The molecule has 6 heteroatoms. The molecule has 5 nitrogen and oxygen atoms in total. The molecular formula is C19H31ClN2O3. The van der Waals surface area contributed by atoms with Crippen LogP contribution in [-0.4, -0.2) is 37.1 Å². The largest absolute Gasteiger partial charge is 0.493 e. The first-order valence-corrected chi connectivity index (χ1v) is 8.71. The maximum absolute atomic E-state index is 13.0. The van der Waals surface area contributed by atoms with Gasteiger partial charge in [-0.2, -0.15) is 0 Å². The van der Waals surface area contributed by atoms with Crippen LogP contribution >= 0.6 is 12.4 Å². The van der Waals surface area contributed by atoms with Crippen LogP contribution in [0.4, 0.5) is 0 Å². The first-order valence-electron chi connectivity index (χ1n) is 8.71. The third-order valence-electron chi connectivity index (χ3n) is 5.07. The number of methoxy groups -OCH3 is 2. The molecule has 2 atom stereocenters. The second-order valence-corrected chi connectivity index (χ2v) is 6.85. The van der Waals surface area contributed by atoms with Crippen LogP contribution in [0, 0.1) is 5.92 Å². The van der Waals surface area contributed by atoms with Crippen LogP contribution in [0.2, 0.25) is 0 Å². The molecule has 1 aromatic rings. The number of nitrogens with zero attached hydrogens (tertiary/aromatic N) is 1. The van der Waals surface area contributed by atoms with Crippen molar-refractivity contribution in [3.63, 3.8) is 0 Å². The van der Waals surface area contributed by atoms with Gasteiger partial charge in [-0.15, -0.1) is 12.4 Å². The molecule has 1 aliphatic rings. The molecule has 2 rings (SSSR count). The van der Waals surface area contributed by atoms with Gasteiger partial charge in [-0.1, -0.05) is 18.9 Å². The highest BCUT2D eigenvalue weighted by Crippen LogP contribution is 2.34. The van der Waals surface area contributed by atoms with Gasteiger partial charge in [0.25, 0.3) is 0 Å². The minimum atomic E-state index is -0.402. The van der Waals surface area contributed by atoms with Gasteiger partial charge in [0.1, 0.15) is 0 Å². The Bertz CT molecular complexity index is 578. The number of halogens is 1. The Kier molecular flexibility index (Phi) is 8.03. The fourth-order valence-electron chi connectivity index (χ4n) is 3.53. The molecule has 142 valence electrons.